The SMILES string of the molecule is Cc1oc2c(ccc3oc(=O)c(-c4nc(-c5ccccc5)cs4)cc32)c(=O)c1-c1ccc(Cl)cc1. The van der Waals surface area contributed by atoms with Crippen LogP contribution >= 0.6 is 22.9 Å². The first-order valence-corrected chi connectivity index (χ1v) is 12.1. The Bertz CT molecular complexity index is 1850. The van der Waals surface area contributed by atoms with Gasteiger partial charge < -0.3 is 8.83 Å². The van der Waals surface area contributed by atoms with Crippen LogP contribution in [0.5, 0.6) is 0 Å². The lowest BCUT2D eigenvalue weighted by molar-refractivity contribution is 0.556. The number of rotatable bonds is 3. The lowest BCUT2D eigenvalue weighted by atomic mass is 10.0. The zero-order chi connectivity index (χ0) is 24.1. The summed E-state index contributed by atoms with van der Waals surface area (Å²) in [6.07, 6.45) is 0. The summed E-state index contributed by atoms with van der Waals surface area (Å²) in [7, 11) is 0. The van der Waals surface area contributed by atoms with Gasteiger partial charge in [-0.25, -0.2) is 9.78 Å². The van der Waals surface area contributed by atoms with Gasteiger partial charge in [0.25, 0.3) is 0 Å². The van der Waals surface area contributed by atoms with E-state index >= 15 is 0 Å². The Morgan fingerprint density at radius 2 is 1.63 bits per heavy atom. The Balaban J connectivity index is 1.55. The van der Waals surface area contributed by atoms with Crippen molar-refractivity contribution in [1.29, 1.82) is 0 Å². The standard InChI is InChI=1S/C28H16ClNO4S/c1-15-24(17-7-9-18(29)10-8-17)25(31)19-11-12-23-20(26(19)33-15)13-21(28(32)34-23)27-30-22(14-35-27)16-5-3-2-4-6-16/h2-14H,1H3. The molecule has 0 bridgehead atoms. The molecule has 0 aliphatic rings. The second-order valence-electron chi connectivity index (χ2n) is 8.07. The number of benzene rings is 3. The fraction of sp³-hybridized carbons (Fsp3) is 0.0357. The number of thiazole rings is 1. The zero-order valence-corrected chi connectivity index (χ0v) is 19.9. The fourth-order valence-electron chi connectivity index (χ4n) is 4.19. The highest BCUT2D eigenvalue weighted by molar-refractivity contribution is 7.13. The molecule has 0 N–H and O–H groups in total. The summed E-state index contributed by atoms with van der Waals surface area (Å²) >= 11 is 7.37. The van der Waals surface area contributed by atoms with E-state index in [1.807, 2.05) is 35.7 Å². The van der Waals surface area contributed by atoms with Crippen molar-refractivity contribution in [2.75, 3.05) is 0 Å². The van der Waals surface area contributed by atoms with Crippen LogP contribution in [0.1, 0.15) is 5.76 Å². The molecule has 0 atom stereocenters. The topological polar surface area (TPSA) is 73.3 Å². The van der Waals surface area contributed by atoms with E-state index in [9.17, 15) is 9.59 Å². The Labute approximate surface area is 207 Å². The zero-order valence-electron chi connectivity index (χ0n) is 18.4. The van der Waals surface area contributed by atoms with Crippen molar-refractivity contribution in [3.05, 3.63) is 110 Å². The highest BCUT2D eigenvalue weighted by Gasteiger charge is 2.19. The minimum atomic E-state index is -0.498. The smallest absolute Gasteiger partial charge is 0.346 e. The Morgan fingerprint density at radius 1 is 0.857 bits per heavy atom. The first-order chi connectivity index (χ1) is 17.0. The van der Waals surface area contributed by atoms with Crippen molar-refractivity contribution < 1.29 is 8.83 Å². The van der Waals surface area contributed by atoms with Crippen molar-refractivity contribution >= 4 is 44.9 Å². The van der Waals surface area contributed by atoms with Gasteiger partial charge in [-0.1, -0.05) is 54.1 Å². The third-order valence-electron chi connectivity index (χ3n) is 5.88. The summed E-state index contributed by atoms with van der Waals surface area (Å²) in [5, 5.41) is 3.96. The molecule has 0 spiro atoms. The van der Waals surface area contributed by atoms with Gasteiger partial charge in [-0.15, -0.1) is 11.3 Å². The predicted molar refractivity (Wildman–Crippen MR) is 140 cm³/mol. The Hall–Kier alpha value is -4.00. The first-order valence-electron chi connectivity index (χ1n) is 10.8. The van der Waals surface area contributed by atoms with E-state index in [1.54, 1.807) is 49.4 Å². The minimum Gasteiger partial charge on any atom is -0.460 e. The van der Waals surface area contributed by atoms with Gasteiger partial charge in [0.1, 0.15) is 21.9 Å². The normalized spacial score (nSPS) is 11.4. The summed E-state index contributed by atoms with van der Waals surface area (Å²) in [6.45, 7) is 1.75. The number of aromatic nitrogens is 1. The van der Waals surface area contributed by atoms with Crippen molar-refractivity contribution in [2.45, 2.75) is 6.92 Å². The molecule has 5 nitrogen and oxygen atoms in total. The van der Waals surface area contributed by atoms with Crippen LogP contribution in [0.15, 0.2) is 96.6 Å². The molecule has 35 heavy (non-hydrogen) atoms. The van der Waals surface area contributed by atoms with Gasteiger partial charge in [-0.3, -0.25) is 4.79 Å². The molecule has 0 aliphatic carbocycles. The Kier molecular flexibility index (Phi) is 5.13. The van der Waals surface area contributed by atoms with E-state index in [0.717, 1.165) is 16.8 Å². The maximum absolute atomic E-state index is 13.5. The van der Waals surface area contributed by atoms with Crippen LogP contribution in [-0.4, -0.2) is 4.98 Å². The molecule has 0 saturated carbocycles. The summed E-state index contributed by atoms with van der Waals surface area (Å²) in [5.41, 5.74) is 3.29. The second-order valence-corrected chi connectivity index (χ2v) is 9.37. The van der Waals surface area contributed by atoms with Gasteiger partial charge in [0.2, 0.25) is 5.43 Å². The minimum absolute atomic E-state index is 0.165. The maximum atomic E-state index is 13.5. The summed E-state index contributed by atoms with van der Waals surface area (Å²) < 4.78 is 11.8. The van der Waals surface area contributed by atoms with Gasteiger partial charge >= 0.3 is 5.63 Å². The number of aryl methyl sites for hydroxylation is 1. The van der Waals surface area contributed by atoms with Crippen LogP contribution in [0.4, 0.5) is 0 Å². The average molecular weight is 498 g/mol. The third-order valence-corrected chi connectivity index (χ3v) is 7.01. The number of nitrogens with zero attached hydrogens (tertiary/aromatic N) is 1. The maximum Gasteiger partial charge on any atom is 0.346 e. The molecule has 0 aliphatic heterocycles. The summed E-state index contributed by atoms with van der Waals surface area (Å²) in [4.78, 5) is 30.9. The molecule has 0 saturated heterocycles. The van der Waals surface area contributed by atoms with E-state index in [4.69, 9.17) is 20.4 Å². The van der Waals surface area contributed by atoms with Crippen LogP contribution in [0.2, 0.25) is 5.02 Å². The fourth-order valence-corrected chi connectivity index (χ4v) is 5.15. The van der Waals surface area contributed by atoms with Crippen LogP contribution in [0.25, 0.3) is 54.9 Å². The van der Waals surface area contributed by atoms with Crippen LogP contribution in [0, 0.1) is 6.92 Å². The molecule has 7 heteroatoms. The van der Waals surface area contributed by atoms with E-state index in [2.05, 4.69) is 4.98 Å². The molecule has 3 aromatic carbocycles. The lowest BCUT2D eigenvalue weighted by Gasteiger charge is -2.09. The predicted octanol–water partition coefficient (Wildman–Crippen LogP) is 7.32. The highest BCUT2D eigenvalue weighted by Crippen LogP contribution is 2.33. The van der Waals surface area contributed by atoms with Gasteiger partial charge in [0.15, 0.2) is 0 Å². The number of hydrogen-bond acceptors (Lipinski definition) is 6. The van der Waals surface area contributed by atoms with Crippen molar-refractivity contribution in [2.24, 2.45) is 0 Å². The number of halogens is 1. The van der Waals surface area contributed by atoms with Crippen LogP contribution in [-0.2, 0) is 0 Å². The average Bonchev–Trinajstić information content (AvgIpc) is 3.35. The molecule has 6 rings (SSSR count). The van der Waals surface area contributed by atoms with Gasteiger partial charge in [0.05, 0.1) is 27.6 Å². The number of fused-ring (bicyclic) bond motifs is 3. The van der Waals surface area contributed by atoms with E-state index in [-0.39, 0.29) is 5.43 Å². The van der Waals surface area contributed by atoms with Gasteiger partial charge in [0, 0.05) is 16.0 Å². The molecule has 3 aromatic heterocycles. The van der Waals surface area contributed by atoms with E-state index in [1.165, 1.54) is 11.3 Å². The quantitative estimate of drug-likeness (QED) is 0.189. The van der Waals surface area contributed by atoms with Crippen molar-refractivity contribution in [3.8, 4) is 33.0 Å². The summed E-state index contributed by atoms with van der Waals surface area (Å²) in [6, 6.07) is 21.7. The van der Waals surface area contributed by atoms with Gasteiger partial charge in [-0.2, -0.15) is 0 Å². The molecule has 0 unspecified atom stereocenters. The third kappa shape index (κ3) is 3.67. The van der Waals surface area contributed by atoms with Crippen molar-refractivity contribution in [3.63, 3.8) is 0 Å². The Morgan fingerprint density at radius 3 is 2.40 bits per heavy atom. The summed E-state index contributed by atoms with van der Waals surface area (Å²) in [5.74, 6) is 0.464. The molecule has 0 radical (unpaired) electrons. The highest BCUT2D eigenvalue weighted by atomic mass is 35.5. The molecule has 3 heterocycles. The monoisotopic (exact) mass is 497 g/mol. The molecule has 170 valence electrons. The largest absolute Gasteiger partial charge is 0.460 e. The second kappa shape index (κ2) is 8.34. The molecule has 0 fully saturated rings. The molecular formula is C28H16ClNO4S. The first kappa shape index (κ1) is 21.5. The van der Waals surface area contributed by atoms with Crippen LogP contribution < -0.4 is 11.1 Å². The number of hydrogen-bond donors (Lipinski definition) is 0. The lowest BCUT2D eigenvalue weighted by Crippen LogP contribution is -2.08. The van der Waals surface area contributed by atoms with Gasteiger partial charge in [-0.05, 0) is 42.8 Å². The molecule has 6 aromatic rings. The molecular weight excluding hydrogens is 482 g/mol. The van der Waals surface area contributed by atoms with E-state index < -0.39 is 5.63 Å². The molecule has 0 amide bonds. The van der Waals surface area contributed by atoms with Crippen LogP contribution in [0.3, 0.4) is 0 Å². The van der Waals surface area contributed by atoms with E-state index in [0.29, 0.717) is 48.9 Å². The van der Waals surface area contributed by atoms with Crippen molar-refractivity contribution in [1.82, 2.24) is 4.98 Å².